The van der Waals surface area contributed by atoms with Gasteiger partial charge in [0.05, 0.1) is 23.3 Å². The lowest BCUT2D eigenvalue weighted by atomic mass is 10.0. The zero-order valence-electron chi connectivity index (χ0n) is 14.9. The van der Waals surface area contributed by atoms with Gasteiger partial charge in [0, 0.05) is 21.5 Å². The number of benzene rings is 1. The first-order valence-electron chi connectivity index (χ1n) is 9.06. The predicted molar refractivity (Wildman–Crippen MR) is 135 cm³/mol. The van der Waals surface area contributed by atoms with Crippen LogP contribution in [0.3, 0.4) is 0 Å². The first-order valence-corrected chi connectivity index (χ1v) is 13.1. The maximum Gasteiger partial charge on any atom is 0.274 e. The lowest BCUT2D eigenvalue weighted by Crippen LogP contribution is -2.13. The number of halogens is 2. The van der Waals surface area contributed by atoms with Crippen molar-refractivity contribution in [3.63, 3.8) is 0 Å². The van der Waals surface area contributed by atoms with Crippen LogP contribution in [0.25, 0.3) is 62.9 Å². The minimum atomic E-state index is -0.113. The summed E-state index contributed by atoms with van der Waals surface area (Å²) in [5.74, 6) is 0. The first-order chi connectivity index (χ1) is 15.0. The largest absolute Gasteiger partial charge is 0.274 e. The van der Waals surface area contributed by atoms with Crippen LogP contribution in [0.2, 0.25) is 0 Å². The van der Waals surface area contributed by atoms with Crippen molar-refractivity contribution in [2.45, 2.75) is 0 Å². The van der Waals surface area contributed by atoms with Gasteiger partial charge in [0.25, 0.3) is 11.1 Å². The molecular weight excluding hydrogens is 584 g/mol. The fourth-order valence-corrected chi connectivity index (χ4v) is 8.68. The molecule has 0 aliphatic carbocycles. The van der Waals surface area contributed by atoms with Gasteiger partial charge >= 0.3 is 0 Å². The number of imidazole rings is 2. The second-order valence-corrected chi connectivity index (χ2v) is 13.1. The van der Waals surface area contributed by atoms with Crippen LogP contribution in [0.15, 0.2) is 41.4 Å². The van der Waals surface area contributed by atoms with Crippen LogP contribution in [0, 0.1) is 0 Å². The van der Waals surface area contributed by atoms with Gasteiger partial charge in [-0.25, -0.2) is 9.97 Å². The van der Waals surface area contributed by atoms with E-state index in [1.54, 1.807) is 8.80 Å². The summed E-state index contributed by atoms with van der Waals surface area (Å²) in [6.07, 6.45) is 0. The Hall–Kier alpha value is -2.18. The van der Waals surface area contributed by atoms with Gasteiger partial charge in [-0.3, -0.25) is 18.4 Å². The third-order valence-corrected chi connectivity index (χ3v) is 10.0. The quantitative estimate of drug-likeness (QED) is 0.202. The van der Waals surface area contributed by atoms with E-state index in [4.69, 9.17) is 9.97 Å². The van der Waals surface area contributed by atoms with E-state index in [2.05, 4.69) is 31.9 Å². The Morgan fingerprint density at radius 1 is 0.710 bits per heavy atom. The minimum absolute atomic E-state index is 0.106. The van der Waals surface area contributed by atoms with Crippen LogP contribution >= 0.6 is 65.9 Å². The van der Waals surface area contributed by atoms with Crippen LogP contribution < -0.4 is 11.1 Å². The van der Waals surface area contributed by atoms with Gasteiger partial charge < -0.3 is 0 Å². The van der Waals surface area contributed by atoms with E-state index in [-0.39, 0.29) is 11.1 Å². The highest BCUT2D eigenvalue weighted by Crippen LogP contribution is 2.43. The molecule has 0 atom stereocenters. The number of hydrogen-bond donors (Lipinski definition) is 0. The van der Waals surface area contributed by atoms with E-state index in [1.807, 2.05) is 24.3 Å². The summed E-state index contributed by atoms with van der Waals surface area (Å²) < 4.78 is 6.71. The van der Waals surface area contributed by atoms with Crippen LogP contribution in [-0.2, 0) is 0 Å². The lowest BCUT2D eigenvalue weighted by Gasteiger charge is -2.04. The zero-order chi connectivity index (χ0) is 20.8. The Morgan fingerprint density at radius 2 is 1.29 bits per heavy atom. The molecule has 0 aliphatic heterocycles. The third kappa shape index (κ3) is 1.90. The van der Waals surface area contributed by atoms with E-state index in [0.717, 1.165) is 49.1 Å². The lowest BCUT2D eigenvalue weighted by molar-refractivity contribution is 1.19. The maximum absolute atomic E-state index is 13.6. The number of thiophene rings is 3. The van der Waals surface area contributed by atoms with E-state index in [9.17, 15) is 9.59 Å². The molecule has 0 radical (unpaired) electrons. The van der Waals surface area contributed by atoms with Gasteiger partial charge in [0.2, 0.25) is 0 Å². The van der Waals surface area contributed by atoms with Crippen molar-refractivity contribution in [3.05, 3.63) is 52.5 Å². The number of rotatable bonds is 0. The molecule has 0 saturated heterocycles. The second-order valence-electron chi connectivity index (χ2n) is 7.30. The van der Waals surface area contributed by atoms with Gasteiger partial charge in [-0.2, -0.15) is 0 Å². The topological polar surface area (TPSA) is 68.7 Å². The number of fused-ring (bicyclic) bond motifs is 8. The smallest absolute Gasteiger partial charge is 0.268 e. The molecule has 7 aromatic heterocycles. The average Bonchev–Trinajstić information content (AvgIpc) is 3.49. The Bertz CT molecular complexity index is 2180. The maximum atomic E-state index is 13.6. The molecule has 6 nitrogen and oxygen atoms in total. The Morgan fingerprint density at radius 3 is 2.00 bits per heavy atom. The highest BCUT2D eigenvalue weighted by Gasteiger charge is 2.25. The minimum Gasteiger partial charge on any atom is -0.268 e. The molecule has 8 aromatic rings. The number of hydrogen-bond acceptors (Lipinski definition) is 7. The third-order valence-electron chi connectivity index (χ3n) is 5.79. The van der Waals surface area contributed by atoms with Gasteiger partial charge in [-0.05, 0) is 56.1 Å². The summed E-state index contributed by atoms with van der Waals surface area (Å²) in [6.45, 7) is 0. The van der Waals surface area contributed by atoms with E-state index in [1.165, 1.54) is 34.0 Å². The molecule has 0 saturated carbocycles. The number of nitrogens with zero attached hydrogens (tertiary/aromatic N) is 4. The predicted octanol–water partition coefficient (Wildman–Crippen LogP) is 6.05. The summed E-state index contributed by atoms with van der Waals surface area (Å²) in [5.41, 5.74) is 2.61. The molecule has 7 heterocycles. The SMILES string of the molecule is O=c1c2sc3c4c(ccc(c24)c2nc4sc(Br)cc4n12)c(=O)n1c2cc(Br)sc2nc31. The average molecular weight is 588 g/mol. The van der Waals surface area contributed by atoms with Crippen molar-refractivity contribution in [2.75, 3.05) is 0 Å². The van der Waals surface area contributed by atoms with Crippen molar-refractivity contribution in [1.29, 1.82) is 0 Å². The Labute approximate surface area is 198 Å². The van der Waals surface area contributed by atoms with Crippen molar-refractivity contribution >= 4 is 129 Å². The Kier molecular flexibility index (Phi) is 3.03. The molecule has 11 heteroatoms. The van der Waals surface area contributed by atoms with Crippen molar-refractivity contribution in [1.82, 2.24) is 18.8 Å². The normalized spacial score (nSPS) is 13.1. The highest BCUT2D eigenvalue weighted by atomic mass is 79.9. The van der Waals surface area contributed by atoms with Gasteiger partial charge in [0.15, 0.2) is 5.65 Å². The molecule has 31 heavy (non-hydrogen) atoms. The molecule has 0 bridgehead atoms. The van der Waals surface area contributed by atoms with Crippen LogP contribution in [0.4, 0.5) is 0 Å². The zero-order valence-corrected chi connectivity index (χ0v) is 20.5. The van der Waals surface area contributed by atoms with E-state index < -0.39 is 0 Å². The summed E-state index contributed by atoms with van der Waals surface area (Å²) in [7, 11) is 0. The van der Waals surface area contributed by atoms with Crippen molar-refractivity contribution in [3.8, 4) is 0 Å². The summed E-state index contributed by atoms with van der Waals surface area (Å²) in [4.78, 5) is 38.2. The van der Waals surface area contributed by atoms with E-state index in [0.29, 0.717) is 21.4 Å². The van der Waals surface area contributed by atoms with Gasteiger partial charge in [-0.15, -0.1) is 34.0 Å². The van der Waals surface area contributed by atoms with Crippen LogP contribution in [0.1, 0.15) is 0 Å². The molecule has 8 rings (SSSR count). The Balaban J connectivity index is 1.72. The molecule has 0 fully saturated rings. The van der Waals surface area contributed by atoms with Crippen molar-refractivity contribution in [2.24, 2.45) is 0 Å². The van der Waals surface area contributed by atoms with Crippen molar-refractivity contribution < 1.29 is 0 Å². The fourth-order valence-electron chi connectivity index (χ4n) is 4.61. The first kappa shape index (κ1) is 17.4. The number of aromatic nitrogens is 4. The molecule has 0 amide bonds. The summed E-state index contributed by atoms with van der Waals surface area (Å²) in [6, 6.07) is 7.63. The number of pyridine rings is 2. The van der Waals surface area contributed by atoms with Gasteiger partial charge in [0.1, 0.15) is 20.0 Å². The van der Waals surface area contributed by atoms with Gasteiger partial charge in [-0.1, -0.05) is 0 Å². The fraction of sp³-hybridized carbons (Fsp3) is 0. The summed E-state index contributed by atoms with van der Waals surface area (Å²) >= 11 is 11.4. The monoisotopic (exact) mass is 586 g/mol. The highest BCUT2D eigenvalue weighted by molar-refractivity contribution is 9.11. The molecule has 0 aliphatic rings. The van der Waals surface area contributed by atoms with Crippen LogP contribution in [0.5, 0.6) is 0 Å². The molecular formula is C20H4Br2N4O2S3. The van der Waals surface area contributed by atoms with E-state index >= 15 is 0 Å². The molecule has 0 spiro atoms. The summed E-state index contributed by atoms with van der Waals surface area (Å²) in [5, 5.41) is 3.12. The second kappa shape index (κ2) is 5.41. The molecule has 0 N–H and O–H groups in total. The molecule has 1 aromatic carbocycles. The standard InChI is InChI=1S/C20H4Br2N4O2S3/c21-9-3-7-17(29-9)23-15-5-1-2-6-12-11(5)14(20(28)25(7)15)31-13(12)16-24-18-8(4-10(22)30-18)26(16)19(6)27/h1-4H. The molecule has 148 valence electrons. The molecule has 0 unspecified atom stereocenters. The van der Waals surface area contributed by atoms with Crippen LogP contribution in [-0.4, -0.2) is 18.8 Å².